The molecule has 1 amide bonds. The van der Waals surface area contributed by atoms with Crippen LogP contribution in [0.4, 0.5) is 5.69 Å². The van der Waals surface area contributed by atoms with Crippen LogP contribution in [0.3, 0.4) is 0 Å². The van der Waals surface area contributed by atoms with E-state index in [1.54, 1.807) is 34.8 Å². The van der Waals surface area contributed by atoms with Gasteiger partial charge in [-0.25, -0.2) is 14.2 Å². The van der Waals surface area contributed by atoms with E-state index in [9.17, 15) is 9.00 Å². The Morgan fingerprint density at radius 2 is 1.77 bits per heavy atom. The fourth-order valence-electron chi connectivity index (χ4n) is 3.00. The fourth-order valence-corrected chi connectivity index (χ4v) is 5.18. The van der Waals surface area contributed by atoms with Crippen molar-refractivity contribution in [2.45, 2.75) is 52.0 Å². The fraction of sp³-hybridized carbons (Fsp3) is 0.381. The van der Waals surface area contributed by atoms with E-state index in [1.165, 1.54) is 0 Å². The Kier molecular flexibility index (Phi) is 8.70. The highest BCUT2D eigenvalue weighted by atomic mass is 32.2. The van der Waals surface area contributed by atoms with Gasteiger partial charge in [0.25, 0.3) is 11.3 Å². The van der Waals surface area contributed by atoms with E-state index < -0.39 is 11.3 Å². The van der Waals surface area contributed by atoms with Crippen molar-refractivity contribution >= 4 is 45.5 Å². The highest BCUT2D eigenvalue weighted by Gasteiger charge is 2.19. The molecule has 7 nitrogen and oxygen atoms in total. The summed E-state index contributed by atoms with van der Waals surface area (Å²) in [6.07, 6.45) is 3.34. The van der Waals surface area contributed by atoms with Crippen LogP contribution in [0.2, 0.25) is 0 Å². The van der Waals surface area contributed by atoms with Crippen LogP contribution >= 0.6 is 22.7 Å². The van der Waals surface area contributed by atoms with Gasteiger partial charge in [-0.05, 0) is 37.0 Å². The van der Waals surface area contributed by atoms with Crippen molar-refractivity contribution in [3.63, 3.8) is 0 Å². The zero-order chi connectivity index (χ0) is 22.2. The lowest BCUT2D eigenvalue weighted by molar-refractivity contribution is -0.121. The van der Waals surface area contributed by atoms with Crippen molar-refractivity contribution in [1.82, 2.24) is 15.3 Å². The average Bonchev–Trinajstić information content (AvgIpc) is 3.42. The number of carbonyl (C=O) groups excluding carboxylic acids is 1. The summed E-state index contributed by atoms with van der Waals surface area (Å²) in [6, 6.07) is 7.02. The summed E-state index contributed by atoms with van der Waals surface area (Å²) < 4.78 is 22.3. The Morgan fingerprint density at radius 3 is 2.39 bits per heavy atom. The number of anilines is 1. The first-order valence-corrected chi connectivity index (χ1v) is 13.0. The van der Waals surface area contributed by atoms with Crippen LogP contribution in [-0.2, 0) is 41.7 Å². The number of hydrogen-bond acceptors (Lipinski definition) is 6. The lowest BCUT2D eigenvalue weighted by Crippen LogP contribution is -2.30. The number of carbonyl (C=O) groups is 1. The zero-order valence-electron chi connectivity index (χ0n) is 17.5. The van der Waals surface area contributed by atoms with Crippen LogP contribution in [0.25, 0.3) is 0 Å². The molecule has 0 bridgehead atoms. The monoisotopic (exact) mass is 478 g/mol. The Morgan fingerprint density at radius 1 is 1.10 bits per heavy atom. The highest BCUT2D eigenvalue weighted by Crippen LogP contribution is 2.24. The molecule has 2 heterocycles. The number of rotatable bonds is 11. The summed E-state index contributed by atoms with van der Waals surface area (Å²) in [7, 11) is 0. The molecule has 0 radical (unpaired) electrons. The van der Waals surface area contributed by atoms with E-state index >= 15 is 0 Å². The zero-order valence-corrected chi connectivity index (χ0v) is 19.9. The third kappa shape index (κ3) is 7.20. The maximum Gasteiger partial charge on any atom is 0.259 e. The van der Waals surface area contributed by atoms with E-state index in [4.69, 9.17) is 4.55 Å². The molecule has 3 aromatic rings. The summed E-state index contributed by atoms with van der Waals surface area (Å²) >= 11 is 1.05. The van der Waals surface area contributed by atoms with Gasteiger partial charge in [-0.2, -0.15) is 0 Å². The SMILES string of the molecule is CCc1csc(CCC(=O)N[C@@H](Cc2ccc(NS(=O)O)cc2)c2nc(CC)cs2)n1. The predicted molar refractivity (Wildman–Crippen MR) is 127 cm³/mol. The second kappa shape index (κ2) is 11.5. The van der Waals surface area contributed by atoms with Crippen molar-refractivity contribution in [2.24, 2.45) is 0 Å². The van der Waals surface area contributed by atoms with Gasteiger partial charge in [0.1, 0.15) is 5.01 Å². The highest BCUT2D eigenvalue weighted by molar-refractivity contribution is 7.80. The average molecular weight is 479 g/mol. The molecule has 2 aromatic heterocycles. The maximum atomic E-state index is 12.7. The van der Waals surface area contributed by atoms with Gasteiger partial charge in [-0.15, -0.1) is 22.7 Å². The van der Waals surface area contributed by atoms with Gasteiger partial charge in [-0.3, -0.25) is 14.1 Å². The van der Waals surface area contributed by atoms with Gasteiger partial charge in [0, 0.05) is 29.3 Å². The molecule has 31 heavy (non-hydrogen) atoms. The summed E-state index contributed by atoms with van der Waals surface area (Å²) in [6.45, 7) is 4.13. The molecule has 3 N–H and O–H groups in total. The van der Waals surface area contributed by atoms with Gasteiger partial charge in [0.05, 0.1) is 22.4 Å². The topological polar surface area (TPSA) is 104 Å². The standard InChI is InChI=1S/C21H26N4O3S3/c1-3-15-12-29-20(22-15)10-9-19(26)24-18(21-23-16(4-2)13-30-21)11-14-5-7-17(8-6-14)25-31(27)28/h5-8,12-13,18,25H,3-4,9-11H2,1-2H3,(H,24,26)(H,27,28)/t18-/m0/s1. The quantitative estimate of drug-likeness (QED) is 0.356. The van der Waals surface area contributed by atoms with Crippen molar-refractivity contribution < 1.29 is 13.6 Å². The molecule has 0 aliphatic carbocycles. The number of nitrogens with zero attached hydrogens (tertiary/aromatic N) is 2. The Hall–Kier alpha value is -2.14. The number of aromatic nitrogens is 2. The first-order chi connectivity index (χ1) is 15.0. The number of aryl methyl sites for hydroxylation is 3. The molecule has 0 fully saturated rings. The molecular weight excluding hydrogens is 452 g/mol. The first-order valence-electron chi connectivity index (χ1n) is 10.1. The molecule has 0 saturated carbocycles. The normalized spacial score (nSPS) is 13.0. The summed E-state index contributed by atoms with van der Waals surface area (Å²) in [4.78, 5) is 21.9. The first kappa shape index (κ1) is 23.5. The molecule has 2 atom stereocenters. The van der Waals surface area contributed by atoms with Gasteiger partial charge >= 0.3 is 0 Å². The van der Waals surface area contributed by atoms with Gasteiger partial charge in [0.2, 0.25) is 5.91 Å². The molecule has 0 aliphatic heterocycles. The lowest BCUT2D eigenvalue weighted by Gasteiger charge is -2.17. The Labute approximate surface area is 192 Å². The van der Waals surface area contributed by atoms with Crippen LogP contribution in [0, 0.1) is 0 Å². The molecule has 1 aromatic carbocycles. The van der Waals surface area contributed by atoms with Crippen LogP contribution in [0.15, 0.2) is 35.0 Å². The molecule has 0 aliphatic rings. The van der Waals surface area contributed by atoms with E-state index in [2.05, 4.69) is 33.9 Å². The number of nitrogens with one attached hydrogen (secondary N) is 2. The number of hydrogen-bond donors (Lipinski definition) is 3. The minimum atomic E-state index is -2.11. The Balaban J connectivity index is 1.67. The molecule has 166 valence electrons. The van der Waals surface area contributed by atoms with Crippen LogP contribution in [-0.4, -0.2) is 24.6 Å². The molecule has 1 unspecified atom stereocenters. The lowest BCUT2D eigenvalue weighted by atomic mass is 10.1. The van der Waals surface area contributed by atoms with Gasteiger partial charge in [-0.1, -0.05) is 26.0 Å². The number of benzene rings is 1. The summed E-state index contributed by atoms with van der Waals surface area (Å²) in [5.74, 6) is -0.0274. The largest absolute Gasteiger partial charge is 0.347 e. The third-order valence-corrected chi connectivity index (χ3v) is 7.07. The van der Waals surface area contributed by atoms with Gasteiger partial charge in [0.15, 0.2) is 0 Å². The van der Waals surface area contributed by atoms with Crippen molar-refractivity contribution in [1.29, 1.82) is 0 Å². The third-order valence-electron chi connectivity index (χ3n) is 4.69. The smallest absolute Gasteiger partial charge is 0.259 e. The molecule has 0 spiro atoms. The summed E-state index contributed by atoms with van der Waals surface area (Å²) in [5, 5.41) is 9.07. The van der Waals surface area contributed by atoms with Gasteiger partial charge < -0.3 is 5.32 Å². The number of amides is 1. The van der Waals surface area contributed by atoms with Crippen LogP contribution in [0.1, 0.15) is 53.3 Å². The van der Waals surface area contributed by atoms with Crippen molar-refractivity contribution in [3.05, 3.63) is 62.0 Å². The summed E-state index contributed by atoms with van der Waals surface area (Å²) in [5.41, 5.74) is 3.64. The maximum absolute atomic E-state index is 12.7. The van der Waals surface area contributed by atoms with E-state index in [0.29, 0.717) is 24.9 Å². The molecule has 10 heteroatoms. The molecule has 0 saturated heterocycles. The van der Waals surface area contributed by atoms with E-state index in [0.717, 1.165) is 39.8 Å². The van der Waals surface area contributed by atoms with Crippen LogP contribution < -0.4 is 10.0 Å². The van der Waals surface area contributed by atoms with Crippen LogP contribution in [0.5, 0.6) is 0 Å². The van der Waals surface area contributed by atoms with Crippen molar-refractivity contribution in [2.75, 3.05) is 4.72 Å². The van der Waals surface area contributed by atoms with E-state index in [-0.39, 0.29) is 11.9 Å². The Bertz CT molecular complexity index is 1020. The number of thiazole rings is 2. The minimum Gasteiger partial charge on any atom is -0.347 e. The second-order valence-electron chi connectivity index (χ2n) is 6.99. The molecular formula is C21H26N4O3S3. The predicted octanol–water partition coefficient (Wildman–Crippen LogP) is 4.31. The minimum absolute atomic E-state index is 0.0274. The molecule has 3 rings (SSSR count). The van der Waals surface area contributed by atoms with E-state index in [1.807, 2.05) is 22.9 Å². The van der Waals surface area contributed by atoms with Crippen molar-refractivity contribution in [3.8, 4) is 0 Å². The second-order valence-corrected chi connectivity index (χ2v) is 9.52.